The summed E-state index contributed by atoms with van der Waals surface area (Å²) in [7, 11) is 1.68. The number of rotatable bonds is 4. The Balaban J connectivity index is 1.31. The van der Waals surface area contributed by atoms with Crippen molar-refractivity contribution in [3.8, 4) is 5.75 Å². The number of benzene rings is 1. The normalized spacial score (nSPS) is 24.8. The van der Waals surface area contributed by atoms with Crippen LogP contribution in [0.2, 0.25) is 0 Å². The van der Waals surface area contributed by atoms with Gasteiger partial charge in [-0.3, -0.25) is 9.59 Å². The van der Waals surface area contributed by atoms with E-state index in [1.807, 2.05) is 28.0 Å². The van der Waals surface area contributed by atoms with Gasteiger partial charge in [0, 0.05) is 38.8 Å². The molecule has 4 rings (SSSR count). The van der Waals surface area contributed by atoms with Crippen LogP contribution < -0.4 is 9.64 Å². The second-order valence-corrected chi connectivity index (χ2v) is 8.56. The third-order valence-electron chi connectivity index (χ3n) is 6.92. The van der Waals surface area contributed by atoms with Gasteiger partial charge < -0.3 is 19.4 Å². The molecule has 2 unspecified atom stereocenters. The van der Waals surface area contributed by atoms with Gasteiger partial charge in [-0.05, 0) is 43.7 Å². The fourth-order valence-corrected chi connectivity index (χ4v) is 5.36. The van der Waals surface area contributed by atoms with Crippen LogP contribution in [0, 0.1) is 5.92 Å². The zero-order chi connectivity index (χ0) is 20.2. The Bertz CT molecular complexity index is 728. The molecule has 2 atom stereocenters. The molecule has 0 bridgehead atoms. The molecule has 3 fully saturated rings. The summed E-state index contributed by atoms with van der Waals surface area (Å²) in [6.07, 6.45) is 7.21. The minimum absolute atomic E-state index is 0.0207. The maximum Gasteiger partial charge on any atom is 0.232 e. The van der Waals surface area contributed by atoms with Gasteiger partial charge in [0.05, 0.1) is 12.8 Å². The van der Waals surface area contributed by atoms with Crippen molar-refractivity contribution >= 4 is 17.5 Å². The smallest absolute Gasteiger partial charge is 0.232 e. The molecule has 1 aliphatic carbocycles. The molecular weight excluding hydrogens is 366 g/mol. The molecule has 3 aliphatic rings. The first-order valence-corrected chi connectivity index (χ1v) is 11.1. The fraction of sp³-hybridized carbons (Fsp3) is 0.652. The van der Waals surface area contributed by atoms with Gasteiger partial charge in [-0.1, -0.05) is 25.0 Å². The topological polar surface area (TPSA) is 53.1 Å². The van der Waals surface area contributed by atoms with E-state index in [2.05, 4.69) is 11.0 Å². The lowest BCUT2D eigenvalue weighted by atomic mass is 9.78. The number of hydrogen-bond acceptors (Lipinski definition) is 4. The summed E-state index contributed by atoms with van der Waals surface area (Å²) in [5, 5.41) is 0. The van der Waals surface area contributed by atoms with Crippen LogP contribution in [-0.2, 0) is 9.59 Å². The average Bonchev–Trinajstić information content (AvgIpc) is 2.78. The summed E-state index contributed by atoms with van der Waals surface area (Å²) in [5.74, 6) is 1.53. The highest BCUT2D eigenvalue weighted by Crippen LogP contribution is 2.35. The monoisotopic (exact) mass is 399 g/mol. The van der Waals surface area contributed by atoms with Crippen molar-refractivity contribution in [3.63, 3.8) is 0 Å². The Labute approximate surface area is 173 Å². The van der Waals surface area contributed by atoms with Crippen molar-refractivity contribution in [2.75, 3.05) is 44.7 Å². The van der Waals surface area contributed by atoms with Crippen LogP contribution in [0.15, 0.2) is 24.3 Å². The van der Waals surface area contributed by atoms with E-state index in [0.717, 1.165) is 43.9 Å². The number of ether oxygens (including phenoxy) is 1. The van der Waals surface area contributed by atoms with Crippen molar-refractivity contribution in [2.45, 2.75) is 51.0 Å². The van der Waals surface area contributed by atoms with E-state index in [1.165, 1.54) is 25.7 Å². The number of carbonyl (C=O) groups is 2. The van der Waals surface area contributed by atoms with Crippen LogP contribution in [0.1, 0.15) is 44.9 Å². The average molecular weight is 400 g/mol. The molecule has 0 N–H and O–H groups in total. The lowest BCUT2D eigenvalue weighted by molar-refractivity contribution is -0.144. The lowest BCUT2D eigenvalue weighted by Crippen LogP contribution is -2.52. The molecule has 1 aromatic carbocycles. The second-order valence-electron chi connectivity index (χ2n) is 8.56. The number of para-hydroxylation sites is 2. The lowest BCUT2D eigenvalue weighted by Gasteiger charge is -2.44. The second kappa shape index (κ2) is 9.06. The van der Waals surface area contributed by atoms with Crippen LogP contribution in [0.25, 0.3) is 0 Å². The number of amides is 2. The van der Waals surface area contributed by atoms with Gasteiger partial charge in [-0.15, -0.1) is 0 Å². The quantitative estimate of drug-likeness (QED) is 0.731. The zero-order valence-corrected chi connectivity index (χ0v) is 17.5. The minimum atomic E-state index is -0.0207. The van der Waals surface area contributed by atoms with Crippen LogP contribution in [0.4, 0.5) is 5.69 Å². The van der Waals surface area contributed by atoms with Gasteiger partial charge in [-0.25, -0.2) is 0 Å². The van der Waals surface area contributed by atoms with Gasteiger partial charge in [0.25, 0.3) is 0 Å². The number of piperazine rings is 1. The molecule has 1 aromatic rings. The summed E-state index contributed by atoms with van der Waals surface area (Å²) in [5.41, 5.74) is 1.06. The van der Waals surface area contributed by atoms with Crippen LogP contribution in [0.5, 0.6) is 5.75 Å². The van der Waals surface area contributed by atoms with Gasteiger partial charge >= 0.3 is 0 Å². The van der Waals surface area contributed by atoms with Gasteiger partial charge in [0.2, 0.25) is 11.8 Å². The molecule has 0 spiro atoms. The van der Waals surface area contributed by atoms with Crippen molar-refractivity contribution in [2.24, 2.45) is 5.92 Å². The van der Waals surface area contributed by atoms with E-state index in [4.69, 9.17) is 4.74 Å². The van der Waals surface area contributed by atoms with Crippen molar-refractivity contribution in [3.05, 3.63) is 24.3 Å². The highest BCUT2D eigenvalue weighted by molar-refractivity contribution is 5.97. The maximum atomic E-state index is 12.9. The molecule has 29 heavy (non-hydrogen) atoms. The Kier molecular flexibility index (Phi) is 6.26. The largest absolute Gasteiger partial charge is 0.495 e. The highest BCUT2D eigenvalue weighted by atomic mass is 16.5. The Morgan fingerprint density at radius 2 is 1.66 bits per heavy atom. The number of methoxy groups -OCH3 is 1. The predicted octanol–water partition coefficient (Wildman–Crippen LogP) is 2.92. The van der Waals surface area contributed by atoms with E-state index in [-0.39, 0.29) is 18.2 Å². The van der Waals surface area contributed by atoms with Crippen molar-refractivity contribution in [1.29, 1.82) is 0 Å². The van der Waals surface area contributed by atoms with Gasteiger partial charge in [-0.2, -0.15) is 0 Å². The molecule has 0 aromatic heterocycles. The molecular formula is C23H33N3O3. The number of hydrogen-bond donors (Lipinski definition) is 0. The molecule has 158 valence electrons. The number of piperidine rings is 1. The molecule has 2 amide bonds. The third kappa shape index (κ3) is 4.36. The first-order valence-electron chi connectivity index (χ1n) is 11.1. The number of fused-ring (bicyclic) bond motifs is 1. The number of anilines is 1. The van der Waals surface area contributed by atoms with E-state index in [9.17, 15) is 9.59 Å². The predicted molar refractivity (Wildman–Crippen MR) is 113 cm³/mol. The molecule has 2 saturated heterocycles. The van der Waals surface area contributed by atoms with Crippen LogP contribution >= 0.6 is 0 Å². The molecule has 6 nitrogen and oxygen atoms in total. The first kappa shape index (κ1) is 20.0. The molecule has 2 aliphatic heterocycles. The maximum absolute atomic E-state index is 12.9. The standard InChI is InChI=1S/C23H33N3O3/c1-29-21-11-5-4-10-20(21)24-13-15-25(16-14-24)22(27)17-23(28)26-12-6-8-18-7-2-3-9-19(18)26/h4-5,10-11,18-19H,2-3,6-9,12-17H2,1H3. The molecule has 2 heterocycles. The SMILES string of the molecule is COc1ccccc1N1CCN(C(=O)CC(=O)N2CCCC3CCCCC32)CC1. The summed E-state index contributed by atoms with van der Waals surface area (Å²) in [6, 6.07) is 8.36. The summed E-state index contributed by atoms with van der Waals surface area (Å²) in [6.45, 7) is 3.64. The van der Waals surface area contributed by atoms with Gasteiger partial charge in [0.1, 0.15) is 12.2 Å². The van der Waals surface area contributed by atoms with Crippen LogP contribution in [0.3, 0.4) is 0 Å². The van der Waals surface area contributed by atoms with Crippen molar-refractivity contribution in [1.82, 2.24) is 9.80 Å². The van der Waals surface area contributed by atoms with E-state index < -0.39 is 0 Å². The number of nitrogens with zero attached hydrogens (tertiary/aromatic N) is 3. The summed E-state index contributed by atoms with van der Waals surface area (Å²) < 4.78 is 5.46. The zero-order valence-electron chi connectivity index (χ0n) is 17.5. The molecule has 0 radical (unpaired) electrons. The first-order chi connectivity index (χ1) is 14.2. The summed E-state index contributed by atoms with van der Waals surface area (Å²) in [4.78, 5) is 31.9. The number of carbonyl (C=O) groups excluding carboxylic acids is 2. The van der Waals surface area contributed by atoms with E-state index in [0.29, 0.717) is 25.0 Å². The van der Waals surface area contributed by atoms with Crippen LogP contribution in [-0.4, -0.2) is 67.5 Å². The molecule has 1 saturated carbocycles. The third-order valence-corrected chi connectivity index (χ3v) is 6.92. The highest BCUT2D eigenvalue weighted by Gasteiger charge is 2.36. The fourth-order valence-electron chi connectivity index (χ4n) is 5.36. The molecule has 6 heteroatoms. The van der Waals surface area contributed by atoms with Gasteiger partial charge in [0.15, 0.2) is 0 Å². The Hall–Kier alpha value is -2.24. The number of likely N-dealkylation sites (tertiary alicyclic amines) is 1. The van der Waals surface area contributed by atoms with Crippen molar-refractivity contribution < 1.29 is 14.3 Å². The van der Waals surface area contributed by atoms with E-state index >= 15 is 0 Å². The van der Waals surface area contributed by atoms with E-state index in [1.54, 1.807) is 7.11 Å². The Morgan fingerprint density at radius 3 is 2.45 bits per heavy atom. The summed E-state index contributed by atoms with van der Waals surface area (Å²) >= 11 is 0. The minimum Gasteiger partial charge on any atom is -0.495 e. The Morgan fingerprint density at radius 1 is 0.931 bits per heavy atom.